The van der Waals surface area contributed by atoms with Crippen molar-refractivity contribution in [3.05, 3.63) is 35.6 Å². The first kappa shape index (κ1) is 19.8. The van der Waals surface area contributed by atoms with Crippen molar-refractivity contribution in [3.8, 4) is 0 Å². The predicted octanol–water partition coefficient (Wildman–Crippen LogP) is 3.15. The van der Waals surface area contributed by atoms with Crippen LogP contribution in [0.2, 0.25) is 0 Å². The van der Waals surface area contributed by atoms with Crippen molar-refractivity contribution >= 4 is 11.8 Å². The average Bonchev–Trinajstić information content (AvgIpc) is 3.10. The van der Waals surface area contributed by atoms with E-state index in [0.717, 1.165) is 6.42 Å². The lowest BCUT2D eigenvalue weighted by atomic mass is 9.91. The number of likely N-dealkylation sites (tertiary alicyclic amines) is 1. The van der Waals surface area contributed by atoms with Crippen molar-refractivity contribution in [1.82, 2.24) is 9.80 Å². The van der Waals surface area contributed by atoms with Crippen LogP contribution in [0.3, 0.4) is 0 Å². The molecule has 2 atom stereocenters. The van der Waals surface area contributed by atoms with Gasteiger partial charge in [0.15, 0.2) is 0 Å². The molecule has 0 aromatic heterocycles. The van der Waals surface area contributed by atoms with Gasteiger partial charge in [-0.15, -0.1) is 0 Å². The molecule has 2 fully saturated rings. The number of halogens is 1. The van der Waals surface area contributed by atoms with E-state index in [1.54, 1.807) is 28.0 Å². The number of hydrogen-bond acceptors (Lipinski definition) is 3. The van der Waals surface area contributed by atoms with E-state index in [4.69, 9.17) is 4.74 Å². The van der Waals surface area contributed by atoms with Gasteiger partial charge in [-0.2, -0.15) is 0 Å². The van der Waals surface area contributed by atoms with Gasteiger partial charge in [-0.05, 0) is 24.3 Å². The van der Waals surface area contributed by atoms with Crippen LogP contribution >= 0.6 is 0 Å². The molecule has 0 bridgehead atoms. The minimum atomic E-state index is -0.468. The molecule has 0 spiro atoms. The van der Waals surface area contributed by atoms with Gasteiger partial charge in [-0.1, -0.05) is 39.0 Å². The maximum Gasteiger partial charge on any atom is 0.245 e. The lowest BCUT2D eigenvalue weighted by Crippen LogP contribution is -2.51. The SMILES string of the molecule is CC(C)(C)CC(=O)N1CCCC1C(=O)N1CCOC(c2ccccc2F)C1. The summed E-state index contributed by atoms with van der Waals surface area (Å²) in [6.45, 7) is 7.87. The highest BCUT2D eigenvalue weighted by atomic mass is 19.1. The second kappa shape index (κ2) is 7.97. The number of carbonyl (C=O) groups is 2. The van der Waals surface area contributed by atoms with Crippen molar-refractivity contribution in [2.24, 2.45) is 5.41 Å². The van der Waals surface area contributed by atoms with E-state index < -0.39 is 12.1 Å². The summed E-state index contributed by atoms with van der Waals surface area (Å²) in [5.41, 5.74) is 0.365. The van der Waals surface area contributed by atoms with Gasteiger partial charge in [0.1, 0.15) is 18.0 Å². The number of hydrogen-bond donors (Lipinski definition) is 0. The number of amides is 2. The predicted molar refractivity (Wildman–Crippen MR) is 100 cm³/mol. The Bertz CT molecular complexity index is 701. The fraction of sp³-hybridized carbons (Fsp3) is 0.619. The summed E-state index contributed by atoms with van der Waals surface area (Å²) in [4.78, 5) is 29.3. The lowest BCUT2D eigenvalue weighted by Gasteiger charge is -2.36. The monoisotopic (exact) mass is 376 g/mol. The topological polar surface area (TPSA) is 49.9 Å². The largest absolute Gasteiger partial charge is 0.370 e. The molecule has 0 saturated carbocycles. The molecule has 0 N–H and O–H groups in total. The standard InChI is InChI=1S/C21H29FN2O3/c1-21(2,3)13-19(25)24-10-6-9-17(24)20(26)23-11-12-27-18(14-23)15-7-4-5-8-16(15)22/h4-5,7-8,17-18H,6,9-14H2,1-3H3. The van der Waals surface area contributed by atoms with Crippen LogP contribution < -0.4 is 0 Å². The Morgan fingerprint density at radius 2 is 1.96 bits per heavy atom. The van der Waals surface area contributed by atoms with Crippen LogP contribution in [0.15, 0.2) is 24.3 Å². The second-order valence-electron chi connectivity index (χ2n) is 8.65. The van der Waals surface area contributed by atoms with Crippen molar-refractivity contribution in [1.29, 1.82) is 0 Å². The van der Waals surface area contributed by atoms with Crippen LogP contribution in [0.5, 0.6) is 0 Å². The van der Waals surface area contributed by atoms with Gasteiger partial charge < -0.3 is 14.5 Å². The zero-order valence-corrected chi connectivity index (χ0v) is 16.4. The van der Waals surface area contributed by atoms with Gasteiger partial charge in [-0.3, -0.25) is 9.59 Å². The molecule has 3 rings (SSSR count). The van der Waals surface area contributed by atoms with Crippen molar-refractivity contribution in [2.75, 3.05) is 26.2 Å². The van der Waals surface area contributed by atoms with Gasteiger partial charge in [0.05, 0.1) is 13.2 Å². The third kappa shape index (κ3) is 4.67. The first-order valence-corrected chi connectivity index (χ1v) is 9.70. The Kier molecular flexibility index (Phi) is 5.84. The van der Waals surface area contributed by atoms with Crippen LogP contribution in [0.1, 0.15) is 51.7 Å². The molecule has 6 heteroatoms. The normalized spacial score (nSPS) is 23.6. The zero-order valence-electron chi connectivity index (χ0n) is 16.4. The van der Waals surface area contributed by atoms with Crippen LogP contribution in [-0.2, 0) is 14.3 Å². The summed E-state index contributed by atoms with van der Waals surface area (Å²) >= 11 is 0. The first-order chi connectivity index (χ1) is 12.8. The molecule has 1 aromatic rings. The van der Waals surface area contributed by atoms with Gasteiger partial charge >= 0.3 is 0 Å². The van der Waals surface area contributed by atoms with Gasteiger partial charge in [0.2, 0.25) is 11.8 Å². The van der Waals surface area contributed by atoms with Crippen molar-refractivity contribution in [3.63, 3.8) is 0 Å². The van der Waals surface area contributed by atoms with E-state index in [9.17, 15) is 14.0 Å². The molecule has 27 heavy (non-hydrogen) atoms. The van der Waals surface area contributed by atoms with Crippen molar-refractivity contribution < 1.29 is 18.7 Å². The molecule has 0 radical (unpaired) electrons. The van der Waals surface area contributed by atoms with Gasteiger partial charge in [0, 0.05) is 25.1 Å². The van der Waals surface area contributed by atoms with Crippen LogP contribution in [0.4, 0.5) is 4.39 Å². The van der Waals surface area contributed by atoms with E-state index in [-0.39, 0.29) is 23.0 Å². The summed E-state index contributed by atoms with van der Waals surface area (Å²) in [5.74, 6) is -0.323. The Morgan fingerprint density at radius 1 is 1.22 bits per heavy atom. The number of nitrogens with zero attached hydrogens (tertiary/aromatic N) is 2. The summed E-state index contributed by atoms with van der Waals surface area (Å²) in [7, 11) is 0. The Morgan fingerprint density at radius 3 is 2.67 bits per heavy atom. The van der Waals surface area contributed by atoms with Gasteiger partial charge in [0.25, 0.3) is 0 Å². The van der Waals surface area contributed by atoms with Crippen molar-refractivity contribution in [2.45, 2.75) is 52.2 Å². The molecule has 2 aliphatic rings. The summed E-state index contributed by atoms with van der Waals surface area (Å²) in [6.07, 6.45) is 1.49. The number of ether oxygens (including phenoxy) is 1. The molecule has 2 heterocycles. The maximum absolute atomic E-state index is 14.1. The van der Waals surface area contributed by atoms with E-state index in [1.165, 1.54) is 6.07 Å². The summed E-state index contributed by atoms with van der Waals surface area (Å²) in [6, 6.07) is 6.11. The van der Waals surface area contributed by atoms with E-state index >= 15 is 0 Å². The fourth-order valence-electron chi connectivity index (χ4n) is 3.86. The minimum Gasteiger partial charge on any atom is -0.370 e. The Hall–Kier alpha value is -1.95. The number of carbonyl (C=O) groups excluding carboxylic acids is 2. The molecule has 5 nitrogen and oxygen atoms in total. The molecular formula is C21H29FN2O3. The summed E-state index contributed by atoms with van der Waals surface area (Å²) < 4.78 is 19.8. The molecule has 148 valence electrons. The Labute approximate surface area is 160 Å². The zero-order chi connectivity index (χ0) is 19.6. The molecule has 2 aliphatic heterocycles. The highest BCUT2D eigenvalue weighted by molar-refractivity contribution is 5.88. The van der Waals surface area contributed by atoms with Crippen LogP contribution in [0.25, 0.3) is 0 Å². The highest BCUT2D eigenvalue weighted by Crippen LogP contribution is 2.28. The molecule has 2 unspecified atom stereocenters. The van der Waals surface area contributed by atoms with E-state index in [1.807, 2.05) is 20.8 Å². The third-order valence-corrected chi connectivity index (χ3v) is 5.17. The lowest BCUT2D eigenvalue weighted by molar-refractivity contribution is -0.149. The minimum absolute atomic E-state index is 0.0391. The van der Waals surface area contributed by atoms with Gasteiger partial charge in [-0.25, -0.2) is 4.39 Å². The fourth-order valence-corrected chi connectivity index (χ4v) is 3.86. The highest BCUT2D eigenvalue weighted by Gasteiger charge is 2.39. The third-order valence-electron chi connectivity index (χ3n) is 5.17. The van der Waals surface area contributed by atoms with Crippen LogP contribution in [-0.4, -0.2) is 53.9 Å². The molecular weight excluding hydrogens is 347 g/mol. The number of benzene rings is 1. The molecule has 2 amide bonds. The van der Waals surface area contributed by atoms with E-state index in [2.05, 4.69) is 0 Å². The molecule has 2 saturated heterocycles. The first-order valence-electron chi connectivity index (χ1n) is 9.70. The quantitative estimate of drug-likeness (QED) is 0.814. The summed E-state index contributed by atoms with van der Waals surface area (Å²) in [5, 5.41) is 0. The van der Waals surface area contributed by atoms with Crippen LogP contribution in [0, 0.1) is 11.2 Å². The smallest absolute Gasteiger partial charge is 0.245 e. The second-order valence-corrected chi connectivity index (χ2v) is 8.65. The number of rotatable bonds is 3. The van der Waals surface area contributed by atoms with E-state index in [0.29, 0.717) is 44.6 Å². The average molecular weight is 376 g/mol. The molecule has 0 aliphatic carbocycles. The maximum atomic E-state index is 14.1. The number of morpholine rings is 1. The molecule has 1 aromatic carbocycles. The Balaban J connectivity index is 1.69.